The van der Waals surface area contributed by atoms with Crippen LogP contribution in [0.15, 0.2) is 0 Å². The van der Waals surface area contributed by atoms with Gasteiger partial charge < -0.3 is 13.1 Å². The number of amides is 1. The number of ketones is 1. The molecule has 1 N–H and O–H groups in total. The van der Waals surface area contributed by atoms with E-state index in [1.807, 2.05) is 23.0 Å². The Morgan fingerprint density at radius 1 is 1.09 bits per heavy atom. The monoisotopic (exact) mass is 437 g/mol. The molecule has 0 aromatic heterocycles. The Bertz CT molecular complexity index is 390. The number of rotatable bonds is 9. The third-order valence-corrected chi connectivity index (χ3v) is 5.53. The van der Waals surface area contributed by atoms with Gasteiger partial charge in [-0.15, -0.1) is 0 Å². The summed E-state index contributed by atoms with van der Waals surface area (Å²) in [4.78, 5) is 22.9. The Morgan fingerprint density at radius 2 is 1.70 bits per heavy atom. The average molecular weight is 437 g/mol. The highest BCUT2D eigenvalue weighted by molar-refractivity contribution is 14.1. The predicted molar refractivity (Wildman–Crippen MR) is 96.2 cm³/mol. The summed E-state index contributed by atoms with van der Waals surface area (Å²) < 4.78 is 10.9. The van der Waals surface area contributed by atoms with E-state index in [9.17, 15) is 9.59 Å². The van der Waals surface area contributed by atoms with Crippen LogP contribution < -0.4 is 5.32 Å². The Kier molecular flexibility index (Phi) is 8.26. The Hall–Kier alpha value is -0.210. The van der Waals surface area contributed by atoms with E-state index in [0.29, 0.717) is 24.9 Å². The molecule has 0 atom stereocenters. The van der Waals surface area contributed by atoms with Gasteiger partial charge in [0.2, 0.25) is 5.91 Å². The van der Waals surface area contributed by atoms with Crippen LogP contribution in [0.25, 0.3) is 0 Å². The number of hydrogen-bond acceptors (Lipinski definition) is 4. The second kappa shape index (κ2) is 9.93. The molecular weight excluding hydrogens is 409 g/mol. The zero-order valence-corrected chi connectivity index (χ0v) is 16.0. The minimum Gasteiger partial charge on any atom is -0.381 e. The fraction of sp³-hybridized carbons (Fsp3) is 0.882. The van der Waals surface area contributed by atoms with Gasteiger partial charge in [0.05, 0.1) is 13.2 Å². The lowest BCUT2D eigenvalue weighted by atomic mass is 9.78. The van der Waals surface area contributed by atoms with Gasteiger partial charge in [-0.25, -0.2) is 0 Å². The van der Waals surface area contributed by atoms with Crippen molar-refractivity contribution in [1.29, 1.82) is 0 Å². The van der Waals surface area contributed by atoms with E-state index in [1.54, 1.807) is 6.92 Å². The van der Waals surface area contributed by atoms with Gasteiger partial charge in [0.15, 0.2) is 0 Å². The zero-order valence-electron chi connectivity index (χ0n) is 13.9. The number of nitrogens with one attached hydrogen (secondary N) is 1. The molecule has 23 heavy (non-hydrogen) atoms. The van der Waals surface area contributed by atoms with Crippen LogP contribution in [-0.4, -0.2) is 37.6 Å². The fourth-order valence-corrected chi connectivity index (χ4v) is 3.94. The predicted octanol–water partition coefficient (Wildman–Crippen LogP) is 3.05. The summed E-state index contributed by atoms with van der Waals surface area (Å²) in [6, 6.07) is 0.187. The van der Waals surface area contributed by atoms with Gasteiger partial charge in [-0.3, -0.25) is 9.59 Å². The lowest BCUT2D eigenvalue weighted by molar-refractivity contribution is -0.128. The maximum atomic E-state index is 11.8. The Balaban J connectivity index is 1.46. The number of ether oxygens (including phenoxy) is 1. The molecule has 0 heterocycles. The highest BCUT2D eigenvalue weighted by atomic mass is 127. The first-order valence-electron chi connectivity index (χ1n) is 8.69. The molecule has 2 rings (SSSR count). The van der Waals surface area contributed by atoms with Crippen molar-refractivity contribution in [2.24, 2.45) is 17.8 Å². The van der Waals surface area contributed by atoms with Crippen LogP contribution in [0.3, 0.4) is 0 Å². The summed E-state index contributed by atoms with van der Waals surface area (Å²) in [6.07, 6.45) is 6.85. The van der Waals surface area contributed by atoms with Crippen molar-refractivity contribution < 1.29 is 17.4 Å². The molecule has 0 unspecified atom stereocenters. The Labute approximate surface area is 152 Å². The molecule has 0 radical (unpaired) electrons. The second-order valence-corrected chi connectivity index (χ2v) is 7.65. The summed E-state index contributed by atoms with van der Waals surface area (Å²) in [5.41, 5.74) is 0. The quantitative estimate of drug-likeness (QED) is 0.445. The van der Waals surface area contributed by atoms with Crippen molar-refractivity contribution >= 4 is 34.7 Å². The summed E-state index contributed by atoms with van der Waals surface area (Å²) >= 11 is 1.97. The van der Waals surface area contributed by atoms with Gasteiger partial charge in [-0.05, 0) is 57.3 Å². The van der Waals surface area contributed by atoms with Crippen molar-refractivity contribution in [3.63, 3.8) is 0 Å². The standard InChI is InChI=1S/C17H28INO4/c1-12(20)15-8-16(9-15)19-17(21)6-7-22-10-13-2-4-14(5-3-13)11-23-18/h13-16H,2-11H2,1H3,(H,19,21)/t13-,14-,15-,16-. The van der Waals surface area contributed by atoms with Gasteiger partial charge in [-0.2, -0.15) is 0 Å². The highest BCUT2D eigenvalue weighted by Gasteiger charge is 2.32. The number of halogens is 1. The fourth-order valence-electron chi connectivity index (χ4n) is 3.44. The molecule has 2 fully saturated rings. The molecule has 2 aliphatic carbocycles. The van der Waals surface area contributed by atoms with Gasteiger partial charge in [0.25, 0.3) is 0 Å². The molecular formula is C17H28INO4. The molecule has 132 valence electrons. The van der Waals surface area contributed by atoms with Crippen LogP contribution in [0, 0.1) is 17.8 Å². The van der Waals surface area contributed by atoms with Gasteiger partial charge in [-0.1, -0.05) is 0 Å². The normalized spacial score (nSPS) is 30.5. The maximum absolute atomic E-state index is 11.8. The molecule has 0 aliphatic heterocycles. The third-order valence-electron chi connectivity index (χ3n) is 5.17. The molecule has 0 bridgehead atoms. The van der Waals surface area contributed by atoms with E-state index in [2.05, 4.69) is 5.32 Å². The molecule has 2 saturated carbocycles. The van der Waals surface area contributed by atoms with E-state index in [0.717, 1.165) is 26.1 Å². The number of carbonyl (C=O) groups excluding carboxylic acids is 2. The molecule has 0 spiro atoms. The van der Waals surface area contributed by atoms with Gasteiger partial charge >= 0.3 is 0 Å². The van der Waals surface area contributed by atoms with E-state index >= 15 is 0 Å². The molecule has 2 aliphatic rings. The van der Waals surface area contributed by atoms with Gasteiger partial charge in [0.1, 0.15) is 28.8 Å². The van der Waals surface area contributed by atoms with Crippen LogP contribution in [0.5, 0.6) is 0 Å². The molecule has 0 aromatic carbocycles. The topological polar surface area (TPSA) is 64.6 Å². The molecule has 1 amide bonds. The lowest BCUT2D eigenvalue weighted by Crippen LogP contribution is -2.46. The number of carbonyl (C=O) groups is 2. The summed E-state index contributed by atoms with van der Waals surface area (Å²) in [7, 11) is 0. The first kappa shape index (κ1) is 19.1. The maximum Gasteiger partial charge on any atom is 0.222 e. The van der Waals surface area contributed by atoms with E-state index in [1.165, 1.54) is 25.7 Å². The SMILES string of the molecule is CC(=O)[C@H]1C[C@H](NC(=O)CCOC[C@H]2CC[C@H](COI)CC2)C1. The van der Waals surface area contributed by atoms with E-state index in [4.69, 9.17) is 7.80 Å². The van der Waals surface area contributed by atoms with Crippen LogP contribution >= 0.6 is 23.0 Å². The van der Waals surface area contributed by atoms with Crippen molar-refractivity contribution in [3.8, 4) is 0 Å². The van der Waals surface area contributed by atoms with Crippen molar-refractivity contribution in [2.45, 2.75) is 57.9 Å². The van der Waals surface area contributed by atoms with Crippen LogP contribution in [0.4, 0.5) is 0 Å². The molecule has 0 saturated heterocycles. The van der Waals surface area contributed by atoms with Crippen LogP contribution in [0.1, 0.15) is 51.9 Å². The minimum absolute atomic E-state index is 0.0416. The summed E-state index contributed by atoms with van der Waals surface area (Å²) in [6.45, 7) is 3.74. The number of hydrogen-bond donors (Lipinski definition) is 1. The first-order chi connectivity index (χ1) is 11.1. The largest absolute Gasteiger partial charge is 0.381 e. The second-order valence-electron chi connectivity index (χ2n) is 7.03. The summed E-state index contributed by atoms with van der Waals surface area (Å²) in [5.74, 6) is 1.77. The Morgan fingerprint density at radius 3 is 2.26 bits per heavy atom. The van der Waals surface area contributed by atoms with Crippen LogP contribution in [0.2, 0.25) is 0 Å². The van der Waals surface area contributed by atoms with E-state index in [-0.39, 0.29) is 23.7 Å². The van der Waals surface area contributed by atoms with Crippen molar-refractivity contribution in [2.75, 3.05) is 19.8 Å². The van der Waals surface area contributed by atoms with E-state index < -0.39 is 0 Å². The van der Waals surface area contributed by atoms with Crippen molar-refractivity contribution in [1.82, 2.24) is 5.32 Å². The summed E-state index contributed by atoms with van der Waals surface area (Å²) in [5, 5.41) is 2.97. The zero-order chi connectivity index (χ0) is 16.7. The first-order valence-corrected chi connectivity index (χ1v) is 9.57. The highest BCUT2D eigenvalue weighted by Crippen LogP contribution is 2.30. The van der Waals surface area contributed by atoms with Gasteiger partial charge in [0, 0.05) is 25.0 Å². The molecule has 5 nitrogen and oxygen atoms in total. The molecule has 6 heteroatoms. The lowest BCUT2D eigenvalue weighted by Gasteiger charge is -2.34. The average Bonchev–Trinajstić information content (AvgIpc) is 2.48. The smallest absolute Gasteiger partial charge is 0.222 e. The number of Topliss-reactive ketones (excluding diaryl/α,β-unsaturated/α-hetero) is 1. The van der Waals surface area contributed by atoms with Crippen LogP contribution in [-0.2, 0) is 17.4 Å². The molecule has 0 aromatic rings. The minimum atomic E-state index is 0.0416. The van der Waals surface area contributed by atoms with Crippen molar-refractivity contribution in [3.05, 3.63) is 0 Å². The third kappa shape index (κ3) is 6.66.